The highest BCUT2D eigenvalue weighted by Gasteiger charge is 2.38. The van der Waals surface area contributed by atoms with Crippen molar-refractivity contribution in [3.8, 4) is 0 Å². The highest BCUT2D eigenvalue weighted by Crippen LogP contribution is 2.28. The highest BCUT2D eigenvalue weighted by molar-refractivity contribution is 4.89. The Hall–Kier alpha value is -1.11. The number of hydrogen-bond acceptors (Lipinski definition) is 4. The van der Waals surface area contributed by atoms with Crippen molar-refractivity contribution >= 4 is 0 Å². The molecule has 4 nitrogen and oxygen atoms in total. The molecule has 0 aliphatic carbocycles. The summed E-state index contributed by atoms with van der Waals surface area (Å²) in [5.41, 5.74) is 5.21. The second-order valence-corrected chi connectivity index (χ2v) is 2.23. The first-order valence-corrected chi connectivity index (χ1v) is 3.07. The van der Waals surface area contributed by atoms with Gasteiger partial charge in [0.05, 0.1) is 6.04 Å². The standard InChI is InChI=1S/C5H6F3N3O/c1-2(9)3-10-11-4(12-3)5(6,7)8/h2H,9H2,1H3/t2-/m1/s1. The molecule has 7 heteroatoms. The summed E-state index contributed by atoms with van der Waals surface area (Å²) in [5.74, 6) is -1.59. The zero-order valence-corrected chi connectivity index (χ0v) is 6.09. The minimum absolute atomic E-state index is 0.220. The van der Waals surface area contributed by atoms with E-state index in [0.29, 0.717) is 0 Å². The molecule has 0 radical (unpaired) electrons. The number of alkyl halides is 3. The van der Waals surface area contributed by atoms with E-state index in [-0.39, 0.29) is 5.89 Å². The number of aromatic nitrogens is 2. The first-order chi connectivity index (χ1) is 5.41. The minimum atomic E-state index is -4.60. The zero-order valence-electron chi connectivity index (χ0n) is 6.09. The van der Waals surface area contributed by atoms with Crippen molar-refractivity contribution in [1.82, 2.24) is 10.2 Å². The van der Waals surface area contributed by atoms with Crippen molar-refractivity contribution in [2.24, 2.45) is 5.73 Å². The molecule has 1 aromatic heterocycles. The summed E-state index contributed by atoms with van der Waals surface area (Å²) in [4.78, 5) is 0. The molecule has 1 heterocycles. The second kappa shape index (κ2) is 2.74. The van der Waals surface area contributed by atoms with E-state index in [9.17, 15) is 13.2 Å². The Balaban J connectivity index is 2.92. The molecule has 12 heavy (non-hydrogen) atoms. The lowest BCUT2D eigenvalue weighted by molar-refractivity contribution is -0.157. The number of nitrogens with zero attached hydrogens (tertiary/aromatic N) is 2. The smallest absolute Gasteiger partial charge is 0.416 e. The molecule has 0 fully saturated rings. The molecule has 0 aliphatic rings. The molecule has 1 rings (SSSR count). The van der Waals surface area contributed by atoms with E-state index in [1.165, 1.54) is 6.92 Å². The summed E-state index contributed by atoms with van der Waals surface area (Å²) in [6, 6.07) is -0.686. The first-order valence-electron chi connectivity index (χ1n) is 3.07. The van der Waals surface area contributed by atoms with Gasteiger partial charge in [0.2, 0.25) is 5.89 Å². The molecule has 1 aromatic rings. The first kappa shape index (κ1) is 8.98. The molecule has 0 bridgehead atoms. The summed E-state index contributed by atoms with van der Waals surface area (Å²) >= 11 is 0. The number of hydrogen-bond donors (Lipinski definition) is 1. The van der Waals surface area contributed by atoms with Gasteiger partial charge in [-0.05, 0) is 6.92 Å². The Morgan fingerprint density at radius 3 is 2.25 bits per heavy atom. The molecule has 0 saturated heterocycles. The van der Waals surface area contributed by atoms with Crippen molar-refractivity contribution in [2.75, 3.05) is 0 Å². The monoisotopic (exact) mass is 181 g/mol. The van der Waals surface area contributed by atoms with Crippen LogP contribution in [-0.2, 0) is 6.18 Å². The molecule has 0 aliphatic heterocycles. The van der Waals surface area contributed by atoms with Crippen LogP contribution in [0.5, 0.6) is 0 Å². The van der Waals surface area contributed by atoms with Gasteiger partial charge in [0, 0.05) is 0 Å². The average molecular weight is 181 g/mol. The highest BCUT2D eigenvalue weighted by atomic mass is 19.4. The van der Waals surface area contributed by atoms with Crippen molar-refractivity contribution < 1.29 is 17.6 Å². The van der Waals surface area contributed by atoms with E-state index in [4.69, 9.17) is 5.73 Å². The fraction of sp³-hybridized carbons (Fsp3) is 0.600. The van der Waals surface area contributed by atoms with Crippen LogP contribution in [0.2, 0.25) is 0 Å². The average Bonchev–Trinajstić information content (AvgIpc) is 2.30. The maximum Gasteiger partial charge on any atom is 0.470 e. The van der Waals surface area contributed by atoms with E-state index < -0.39 is 18.1 Å². The van der Waals surface area contributed by atoms with Crippen LogP contribution >= 0.6 is 0 Å². The molecule has 2 N–H and O–H groups in total. The zero-order chi connectivity index (χ0) is 9.35. The van der Waals surface area contributed by atoms with E-state index in [0.717, 1.165) is 0 Å². The molecule has 0 amide bonds. The van der Waals surface area contributed by atoms with Gasteiger partial charge in [-0.15, -0.1) is 10.2 Å². The van der Waals surface area contributed by atoms with E-state index in [2.05, 4.69) is 14.6 Å². The fourth-order valence-electron chi connectivity index (χ4n) is 0.533. The summed E-state index contributed by atoms with van der Waals surface area (Å²) in [6.07, 6.45) is -4.60. The third kappa shape index (κ3) is 1.73. The summed E-state index contributed by atoms with van der Waals surface area (Å²) in [7, 11) is 0. The topological polar surface area (TPSA) is 64.9 Å². The molecule has 0 aromatic carbocycles. The maximum absolute atomic E-state index is 11.8. The molecule has 0 spiro atoms. The fourth-order valence-corrected chi connectivity index (χ4v) is 0.533. The van der Waals surface area contributed by atoms with Crippen LogP contribution in [-0.4, -0.2) is 10.2 Å². The summed E-state index contributed by atoms with van der Waals surface area (Å²) in [5, 5.41) is 5.91. The number of rotatable bonds is 1. The lowest BCUT2D eigenvalue weighted by Gasteiger charge is -1.98. The summed E-state index contributed by atoms with van der Waals surface area (Å²) in [6.45, 7) is 1.45. The van der Waals surface area contributed by atoms with Gasteiger partial charge in [-0.3, -0.25) is 0 Å². The third-order valence-corrected chi connectivity index (χ3v) is 1.07. The van der Waals surface area contributed by atoms with Gasteiger partial charge in [-0.2, -0.15) is 13.2 Å². The van der Waals surface area contributed by atoms with Crippen molar-refractivity contribution in [3.05, 3.63) is 11.8 Å². The van der Waals surface area contributed by atoms with Crippen molar-refractivity contribution in [3.63, 3.8) is 0 Å². The summed E-state index contributed by atoms with van der Waals surface area (Å²) < 4.78 is 39.7. The SMILES string of the molecule is C[C@@H](N)c1nnc(C(F)(F)F)o1. The minimum Gasteiger partial charge on any atom is -0.416 e. The van der Waals surface area contributed by atoms with Crippen LogP contribution in [0, 0.1) is 0 Å². The molecule has 0 saturated carbocycles. The Bertz CT molecular complexity index is 267. The maximum atomic E-state index is 11.8. The van der Waals surface area contributed by atoms with Gasteiger partial charge in [0.25, 0.3) is 0 Å². The van der Waals surface area contributed by atoms with Crippen LogP contribution in [0.3, 0.4) is 0 Å². The Morgan fingerprint density at radius 1 is 1.42 bits per heavy atom. The largest absolute Gasteiger partial charge is 0.470 e. The predicted molar refractivity (Wildman–Crippen MR) is 31.9 cm³/mol. The van der Waals surface area contributed by atoms with Crippen molar-refractivity contribution in [2.45, 2.75) is 19.1 Å². The van der Waals surface area contributed by atoms with Crippen molar-refractivity contribution in [1.29, 1.82) is 0 Å². The molecule has 0 unspecified atom stereocenters. The Labute approximate surface area is 65.6 Å². The number of halogens is 3. The molecular formula is C5H6F3N3O. The van der Waals surface area contributed by atoms with Crippen LogP contribution in [0.1, 0.15) is 24.7 Å². The van der Waals surface area contributed by atoms with Crippen LogP contribution in [0.4, 0.5) is 13.2 Å². The number of nitrogens with two attached hydrogens (primary N) is 1. The van der Waals surface area contributed by atoms with Gasteiger partial charge < -0.3 is 10.2 Å². The van der Waals surface area contributed by atoms with Crippen LogP contribution in [0.15, 0.2) is 4.42 Å². The normalized spacial score (nSPS) is 14.8. The van der Waals surface area contributed by atoms with Gasteiger partial charge >= 0.3 is 12.1 Å². The second-order valence-electron chi connectivity index (χ2n) is 2.23. The third-order valence-electron chi connectivity index (χ3n) is 1.07. The quantitative estimate of drug-likeness (QED) is 0.704. The molecule has 68 valence electrons. The Kier molecular flexibility index (Phi) is 2.05. The van der Waals surface area contributed by atoms with Gasteiger partial charge in [-0.25, -0.2) is 0 Å². The molecular weight excluding hydrogens is 175 g/mol. The van der Waals surface area contributed by atoms with E-state index >= 15 is 0 Å². The predicted octanol–water partition coefficient (Wildman–Crippen LogP) is 1.11. The molecule has 1 atom stereocenters. The van der Waals surface area contributed by atoms with Crippen LogP contribution < -0.4 is 5.73 Å². The lowest BCUT2D eigenvalue weighted by Crippen LogP contribution is -2.06. The van der Waals surface area contributed by atoms with E-state index in [1.54, 1.807) is 0 Å². The van der Waals surface area contributed by atoms with Crippen LogP contribution in [0.25, 0.3) is 0 Å². The van der Waals surface area contributed by atoms with Gasteiger partial charge in [0.15, 0.2) is 0 Å². The van der Waals surface area contributed by atoms with Gasteiger partial charge in [0.1, 0.15) is 0 Å². The van der Waals surface area contributed by atoms with E-state index in [1.807, 2.05) is 0 Å². The van der Waals surface area contributed by atoms with Gasteiger partial charge in [-0.1, -0.05) is 0 Å². The Morgan fingerprint density at radius 2 is 2.00 bits per heavy atom. The lowest BCUT2D eigenvalue weighted by atomic mass is 10.4.